The maximum atomic E-state index is 12.1. The summed E-state index contributed by atoms with van der Waals surface area (Å²) in [6.07, 6.45) is 0. The largest absolute Gasteiger partial charge is 0.534 e. The summed E-state index contributed by atoms with van der Waals surface area (Å²) >= 11 is 5.68. The number of alkyl halides is 3. The van der Waals surface area contributed by atoms with E-state index in [0.29, 0.717) is 15.9 Å². The first-order valence-electron chi connectivity index (χ1n) is 4.63. The average Bonchev–Trinajstić information content (AvgIpc) is 2.27. The first kappa shape index (κ1) is 13.8. The number of aromatic nitrogens is 2. The highest BCUT2D eigenvalue weighted by atomic mass is 35.5. The highest BCUT2D eigenvalue weighted by Gasteiger charge is 2.48. The molecule has 0 unspecified atom stereocenters. The molecule has 0 aliphatic carbocycles. The van der Waals surface area contributed by atoms with Crippen molar-refractivity contribution in [1.82, 2.24) is 10.2 Å². The average molecular weight is 313 g/mol. The molecule has 0 aliphatic heterocycles. The van der Waals surface area contributed by atoms with Gasteiger partial charge in [0.15, 0.2) is 0 Å². The van der Waals surface area contributed by atoms with Gasteiger partial charge in [0.2, 0.25) is 0 Å². The fraction of sp³-hybridized carbons (Fsp3) is 0.111. The van der Waals surface area contributed by atoms with E-state index in [1.54, 1.807) is 0 Å². The normalized spacial score (nSPS) is 12.6. The standard InChI is InChI=1S/C9H4ClF3N2O3S/c10-6-2-1-5-3-8(15-14-7(5)4-6)18-19(16,17)9(11,12)13/h1-4H. The van der Waals surface area contributed by atoms with Crippen molar-refractivity contribution < 1.29 is 25.8 Å². The van der Waals surface area contributed by atoms with Gasteiger partial charge in [0.1, 0.15) is 0 Å². The van der Waals surface area contributed by atoms with E-state index in [2.05, 4.69) is 14.4 Å². The molecule has 0 spiro atoms. The Labute approximate surface area is 110 Å². The summed E-state index contributed by atoms with van der Waals surface area (Å²) in [6, 6.07) is 5.35. The van der Waals surface area contributed by atoms with Gasteiger partial charge in [-0.1, -0.05) is 17.7 Å². The van der Waals surface area contributed by atoms with Crippen LogP contribution in [-0.4, -0.2) is 24.1 Å². The molecule has 0 saturated carbocycles. The van der Waals surface area contributed by atoms with Crippen LogP contribution in [0.2, 0.25) is 5.02 Å². The minimum Gasteiger partial charge on any atom is -0.354 e. The molecular formula is C9H4ClF3N2O3S. The van der Waals surface area contributed by atoms with Gasteiger partial charge in [0, 0.05) is 16.5 Å². The molecular weight excluding hydrogens is 309 g/mol. The monoisotopic (exact) mass is 312 g/mol. The van der Waals surface area contributed by atoms with Crippen molar-refractivity contribution in [3.63, 3.8) is 0 Å². The Kier molecular flexibility index (Phi) is 3.27. The Morgan fingerprint density at radius 1 is 1.16 bits per heavy atom. The fourth-order valence-electron chi connectivity index (χ4n) is 1.19. The molecule has 0 N–H and O–H groups in total. The molecule has 102 valence electrons. The van der Waals surface area contributed by atoms with E-state index >= 15 is 0 Å². The van der Waals surface area contributed by atoms with E-state index in [0.717, 1.165) is 6.07 Å². The summed E-state index contributed by atoms with van der Waals surface area (Å²) in [4.78, 5) is 0. The van der Waals surface area contributed by atoms with Gasteiger partial charge < -0.3 is 4.18 Å². The lowest BCUT2D eigenvalue weighted by Crippen LogP contribution is -2.28. The van der Waals surface area contributed by atoms with Gasteiger partial charge in [-0.25, -0.2) is 0 Å². The first-order valence-corrected chi connectivity index (χ1v) is 6.41. The van der Waals surface area contributed by atoms with Crippen molar-refractivity contribution in [3.8, 4) is 5.88 Å². The molecule has 0 bridgehead atoms. The lowest BCUT2D eigenvalue weighted by Gasteiger charge is -2.08. The number of nitrogens with zero attached hydrogens (tertiary/aromatic N) is 2. The van der Waals surface area contributed by atoms with Crippen molar-refractivity contribution in [3.05, 3.63) is 29.3 Å². The van der Waals surface area contributed by atoms with Gasteiger partial charge in [-0.05, 0) is 12.1 Å². The van der Waals surface area contributed by atoms with E-state index < -0.39 is 21.5 Å². The number of hydrogen-bond acceptors (Lipinski definition) is 5. The van der Waals surface area contributed by atoms with Gasteiger partial charge in [0.05, 0.1) is 5.52 Å². The van der Waals surface area contributed by atoms with Crippen molar-refractivity contribution in [2.45, 2.75) is 5.51 Å². The van der Waals surface area contributed by atoms with E-state index in [1.807, 2.05) is 0 Å². The molecule has 19 heavy (non-hydrogen) atoms. The second-order valence-corrected chi connectivity index (χ2v) is 5.34. The Balaban J connectivity index is 2.40. The van der Waals surface area contributed by atoms with Gasteiger partial charge >= 0.3 is 15.6 Å². The van der Waals surface area contributed by atoms with Crippen LogP contribution < -0.4 is 4.18 Å². The first-order chi connectivity index (χ1) is 8.69. The number of hydrogen-bond donors (Lipinski definition) is 0. The van der Waals surface area contributed by atoms with E-state index in [4.69, 9.17) is 11.6 Å². The third-order valence-electron chi connectivity index (χ3n) is 2.01. The van der Waals surface area contributed by atoms with Crippen LogP contribution in [0.15, 0.2) is 24.3 Å². The number of rotatable bonds is 2. The molecule has 0 aliphatic rings. The van der Waals surface area contributed by atoms with Gasteiger partial charge in [0.25, 0.3) is 5.88 Å². The molecule has 2 rings (SSSR count). The van der Waals surface area contributed by atoms with Crippen molar-refractivity contribution in [2.24, 2.45) is 0 Å². The lowest BCUT2D eigenvalue weighted by molar-refractivity contribution is -0.0501. The quantitative estimate of drug-likeness (QED) is 0.629. The van der Waals surface area contributed by atoms with Crippen LogP contribution in [-0.2, 0) is 10.1 Å². The van der Waals surface area contributed by atoms with E-state index in [9.17, 15) is 21.6 Å². The topological polar surface area (TPSA) is 69.2 Å². The SMILES string of the molecule is O=S(=O)(Oc1cc2ccc(Cl)cc2nn1)C(F)(F)F. The third kappa shape index (κ3) is 2.87. The molecule has 1 aromatic carbocycles. The lowest BCUT2D eigenvalue weighted by atomic mass is 10.2. The number of halogens is 4. The van der Waals surface area contributed by atoms with Crippen LogP contribution in [0.4, 0.5) is 13.2 Å². The highest BCUT2D eigenvalue weighted by Crippen LogP contribution is 2.27. The summed E-state index contributed by atoms with van der Waals surface area (Å²) in [5.41, 5.74) is -5.23. The summed E-state index contributed by atoms with van der Waals surface area (Å²) in [5.74, 6) is -0.771. The second-order valence-electron chi connectivity index (χ2n) is 3.37. The molecule has 1 heterocycles. The fourth-order valence-corrected chi connectivity index (χ4v) is 1.76. The van der Waals surface area contributed by atoms with E-state index in [1.165, 1.54) is 18.2 Å². The van der Waals surface area contributed by atoms with Crippen LogP contribution in [0.25, 0.3) is 10.9 Å². The molecule has 0 saturated heterocycles. The minimum absolute atomic E-state index is 0.296. The van der Waals surface area contributed by atoms with Crippen LogP contribution in [0.1, 0.15) is 0 Å². The molecule has 0 atom stereocenters. The van der Waals surface area contributed by atoms with Gasteiger partial charge in [-0.15, -0.1) is 10.2 Å². The van der Waals surface area contributed by atoms with Gasteiger partial charge in [-0.2, -0.15) is 21.6 Å². The van der Waals surface area contributed by atoms with Crippen molar-refractivity contribution >= 4 is 32.6 Å². The molecule has 0 amide bonds. The predicted molar refractivity (Wildman–Crippen MR) is 60.2 cm³/mol. The Morgan fingerprint density at radius 2 is 1.84 bits per heavy atom. The van der Waals surface area contributed by atoms with Crippen LogP contribution in [0.5, 0.6) is 5.88 Å². The molecule has 2 aromatic rings. The Bertz CT molecular complexity index is 733. The zero-order valence-corrected chi connectivity index (χ0v) is 10.4. The minimum atomic E-state index is -5.76. The van der Waals surface area contributed by atoms with E-state index in [-0.39, 0.29) is 0 Å². The number of fused-ring (bicyclic) bond motifs is 1. The zero-order valence-electron chi connectivity index (χ0n) is 8.85. The molecule has 1 aromatic heterocycles. The number of benzene rings is 1. The van der Waals surface area contributed by atoms with Crippen molar-refractivity contribution in [2.75, 3.05) is 0 Å². The maximum absolute atomic E-state index is 12.1. The Hall–Kier alpha value is -1.61. The summed E-state index contributed by atoms with van der Waals surface area (Å²) < 4.78 is 61.7. The molecule has 0 fully saturated rings. The van der Waals surface area contributed by atoms with Crippen molar-refractivity contribution in [1.29, 1.82) is 0 Å². The van der Waals surface area contributed by atoms with Crippen LogP contribution in [0, 0.1) is 0 Å². The van der Waals surface area contributed by atoms with Gasteiger partial charge in [-0.3, -0.25) is 0 Å². The predicted octanol–water partition coefficient (Wildman–Crippen LogP) is 2.51. The summed E-state index contributed by atoms with van der Waals surface area (Å²) in [5, 5.41) is 7.45. The third-order valence-corrected chi connectivity index (χ3v) is 3.20. The molecule has 5 nitrogen and oxygen atoms in total. The van der Waals surface area contributed by atoms with Crippen LogP contribution >= 0.6 is 11.6 Å². The smallest absolute Gasteiger partial charge is 0.354 e. The van der Waals surface area contributed by atoms with Crippen LogP contribution in [0.3, 0.4) is 0 Å². The highest BCUT2D eigenvalue weighted by molar-refractivity contribution is 7.87. The molecule has 0 radical (unpaired) electrons. The maximum Gasteiger partial charge on any atom is 0.534 e. The Morgan fingerprint density at radius 3 is 2.47 bits per heavy atom. The summed E-state index contributed by atoms with van der Waals surface area (Å²) in [7, 11) is -5.76. The summed E-state index contributed by atoms with van der Waals surface area (Å²) in [6.45, 7) is 0. The molecule has 10 heteroatoms. The second kappa shape index (κ2) is 4.49. The zero-order chi connectivity index (χ0) is 14.3.